The van der Waals surface area contributed by atoms with Crippen molar-refractivity contribution in [3.63, 3.8) is 0 Å². The second-order valence-electron chi connectivity index (χ2n) is 12.6. The molecule has 1 aromatic heterocycles. The molecule has 0 radical (unpaired) electrons. The molecule has 2 fully saturated rings. The first-order valence-corrected chi connectivity index (χ1v) is 18.1. The lowest BCUT2D eigenvalue weighted by Gasteiger charge is -2.43. The molecule has 250 valence electrons. The molecule has 4 aromatic rings. The van der Waals surface area contributed by atoms with Crippen LogP contribution in [0, 0.1) is 5.82 Å². The number of H-pyrrole nitrogens is 1. The summed E-state index contributed by atoms with van der Waals surface area (Å²) in [6, 6.07) is 15.2. The first kappa shape index (κ1) is 32.1. The minimum Gasteiger partial charge on any atom is -0.497 e. The summed E-state index contributed by atoms with van der Waals surface area (Å²) in [6.45, 7) is 3.42. The number of amides is 2. The van der Waals surface area contributed by atoms with E-state index in [0.29, 0.717) is 28.4 Å². The molecule has 2 amide bonds. The van der Waals surface area contributed by atoms with Crippen molar-refractivity contribution in [1.82, 2.24) is 15.2 Å². The van der Waals surface area contributed by atoms with Gasteiger partial charge in [0.1, 0.15) is 41.4 Å². The number of aromatic nitrogens is 1. The number of hydrogen-bond donors (Lipinski definition) is 2. The van der Waals surface area contributed by atoms with Gasteiger partial charge in [-0.25, -0.2) is 9.18 Å². The Balaban J connectivity index is 0.998. The number of carbonyl (C=O) groups is 3. The van der Waals surface area contributed by atoms with Crippen LogP contribution >= 0.6 is 11.8 Å². The van der Waals surface area contributed by atoms with E-state index >= 15 is 0 Å². The highest BCUT2D eigenvalue weighted by molar-refractivity contribution is 8.01. The number of methoxy groups -OCH3 is 1. The van der Waals surface area contributed by atoms with Gasteiger partial charge in [-0.2, -0.15) is 0 Å². The fourth-order valence-electron chi connectivity index (χ4n) is 6.64. The third-order valence-corrected chi connectivity index (χ3v) is 12.6. The summed E-state index contributed by atoms with van der Waals surface area (Å²) in [5.74, 6) is 3.56. The number of aryl methyl sites for hydroxylation is 1. The molecule has 3 aliphatic heterocycles. The van der Waals surface area contributed by atoms with Gasteiger partial charge in [-0.15, -0.1) is 11.8 Å². The molecule has 7 rings (SSSR count). The van der Waals surface area contributed by atoms with Crippen molar-refractivity contribution in [2.45, 2.75) is 54.0 Å². The van der Waals surface area contributed by atoms with Crippen LogP contribution in [0.1, 0.15) is 25.0 Å². The lowest BCUT2D eigenvalue weighted by Crippen LogP contribution is -2.71. The van der Waals surface area contributed by atoms with Gasteiger partial charge < -0.3 is 29.4 Å². The van der Waals surface area contributed by atoms with Gasteiger partial charge in [0.2, 0.25) is 5.91 Å². The Kier molecular flexibility index (Phi) is 7.94. The third-order valence-electron chi connectivity index (χ3n) is 9.06. The summed E-state index contributed by atoms with van der Waals surface area (Å²) >= 11 is 1.43. The molecule has 0 spiro atoms. The molecule has 2 N–H and O–H groups in total. The largest absolute Gasteiger partial charge is 0.497 e. The molecule has 0 aliphatic carbocycles. The maximum atomic E-state index is 14.0. The van der Waals surface area contributed by atoms with Crippen LogP contribution in [-0.4, -0.2) is 79.4 Å². The SMILES string of the molecule is C=S1(=O)CCc2c([nH]c3ccc(F)cc23)-c2ccc(OCC(=O)NC3C(=O)N4C3SC(C)(C)C4C(=O)OCc3ccc(OC)cc3)cc21. The van der Waals surface area contributed by atoms with Gasteiger partial charge in [-0.1, -0.05) is 12.1 Å². The first-order valence-electron chi connectivity index (χ1n) is 15.4. The van der Waals surface area contributed by atoms with E-state index in [4.69, 9.17) is 14.2 Å². The smallest absolute Gasteiger partial charge is 0.330 e. The summed E-state index contributed by atoms with van der Waals surface area (Å²) in [5.41, 5.74) is 3.90. The number of thioether (sulfide) groups is 1. The predicted molar refractivity (Wildman–Crippen MR) is 182 cm³/mol. The Morgan fingerprint density at radius 3 is 2.62 bits per heavy atom. The number of nitrogens with one attached hydrogen (secondary N) is 2. The zero-order chi connectivity index (χ0) is 34.0. The molecule has 13 heteroatoms. The van der Waals surface area contributed by atoms with Gasteiger partial charge in [0.05, 0.1) is 12.8 Å². The number of fused-ring (bicyclic) bond motifs is 6. The van der Waals surface area contributed by atoms with Crippen LogP contribution in [0.5, 0.6) is 11.5 Å². The third kappa shape index (κ3) is 5.58. The van der Waals surface area contributed by atoms with Gasteiger partial charge in [0, 0.05) is 31.9 Å². The number of hydrogen-bond acceptors (Lipinski definition) is 8. The average molecular weight is 692 g/mol. The highest BCUT2D eigenvalue weighted by Crippen LogP contribution is 2.51. The van der Waals surface area contributed by atoms with Crippen LogP contribution in [0.2, 0.25) is 0 Å². The second-order valence-corrected chi connectivity index (χ2v) is 16.9. The molecule has 10 nitrogen and oxygen atoms in total. The number of rotatable bonds is 8. The van der Waals surface area contributed by atoms with Crippen molar-refractivity contribution in [3.8, 4) is 22.8 Å². The van der Waals surface area contributed by atoms with E-state index in [1.807, 2.05) is 13.8 Å². The molecular formula is C35H34FN3O7S2. The van der Waals surface area contributed by atoms with E-state index in [0.717, 1.165) is 27.7 Å². The lowest BCUT2D eigenvalue weighted by molar-refractivity contribution is -0.165. The lowest BCUT2D eigenvalue weighted by atomic mass is 9.96. The zero-order valence-corrected chi connectivity index (χ0v) is 28.2. The van der Waals surface area contributed by atoms with Gasteiger partial charge >= 0.3 is 5.97 Å². The Bertz CT molecular complexity index is 2080. The van der Waals surface area contributed by atoms with Crippen molar-refractivity contribution in [3.05, 3.63) is 77.6 Å². The van der Waals surface area contributed by atoms with E-state index in [1.165, 1.54) is 28.8 Å². The molecule has 3 aromatic carbocycles. The first-order chi connectivity index (χ1) is 22.9. The standard InChI is InChI=1S/C35H34FN3O7S2/c1-35(2)31(34(42)46-17-19-5-8-21(44-3)9-6-19)39-32(41)30(33(39)47-35)38-28(40)18-45-22-10-11-24-27(16-22)48(4,43)14-13-23-25-15-20(36)7-12-26(25)37-29(23)24/h5-12,15-16,30-31,33,37H,4,13-14,17-18H2,1-3H3,(H,38,40). The van der Waals surface area contributed by atoms with Crippen LogP contribution in [0.3, 0.4) is 0 Å². The minimum atomic E-state index is -2.72. The number of esters is 1. The van der Waals surface area contributed by atoms with E-state index in [9.17, 15) is 23.0 Å². The zero-order valence-electron chi connectivity index (χ0n) is 26.5. The summed E-state index contributed by atoms with van der Waals surface area (Å²) in [4.78, 5) is 44.7. The molecule has 3 aliphatic rings. The van der Waals surface area contributed by atoms with E-state index in [-0.39, 0.29) is 30.7 Å². The fourth-order valence-corrected chi connectivity index (χ4v) is 9.92. The monoisotopic (exact) mass is 691 g/mol. The maximum Gasteiger partial charge on any atom is 0.330 e. The van der Waals surface area contributed by atoms with Crippen LogP contribution in [0.25, 0.3) is 22.2 Å². The predicted octanol–water partition coefficient (Wildman–Crippen LogP) is 4.28. The number of aromatic amines is 1. The average Bonchev–Trinajstić information content (AvgIpc) is 3.51. The highest BCUT2D eigenvalue weighted by atomic mass is 32.2. The van der Waals surface area contributed by atoms with Crippen molar-refractivity contribution in [1.29, 1.82) is 0 Å². The number of ether oxygens (including phenoxy) is 3. The minimum absolute atomic E-state index is 0.0545. The second kappa shape index (κ2) is 11.9. The fraction of sp³-hybridized carbons (Fsp3) is 0.314. The highest BCUT2D eigenvalue weighted by Gasteiger charge is 2.64. The Morgan fingerprint density at radius 1 is 1.12 bits per heavy atom. The molecule has 2 saturated heterocycles. The summed E-state index contributed by atoms with van der Waals surface area (Å²) in [6.07, 6.45) is 0.456. The van der Waals surface area contributed by atoms with Gasteiger partial charge in [0.15, 0.2) is 6.61 Å². The summed E-state index contributed by atoms with van der Waals surface area (Å²) in [5, 5.41) is 3.06. The molecular weight excluding hydrogens is 658 g/mol. The van der Waals surface area contributed by atoms with Crippen molar-refractivity contribution < 1.29 is 37.2 Å². The number of carbonyl (C=O) groups excluding carboxylic acids is 3. The summed E-state index contributed by atoms with van der Waals surface area (Å²) in [7, 11) is -1.15. The number of β-lactam (4-membered cyclic amide) rings is 1. The molecule has 4 unspecified atom stereocenters. The number of nitrogens with zero attached hydrogens (tertiary/aromatic N) is 1. The van der Waals surface area contributed by atoms with Crippen molar-refractivity contribution in [2.75, 3.05) is 19.5 Å². The number of benzene rings is 3. The molecule has 0 bridgehead atoms. The van der Waals surface area contributed by atoms with Gasteiger partial charge in [-0.3, -0.25) is 13.8 Å². The van der Waals surface area contributed by atoms with Gasteiger partial charge in [-0.05, 0) is 95.3 Å². The molecule has 0 saturated carbocycles. The van der Waals surface area contributed by atoms with Crippen molar-refractivity contribution in [2.24, 2.45) is 0 Å². The number of halogens is 1. The summed E-state index contributed by atoms with van der Waals surface area (Å²) < 4.78 is 43.6. The Hall–Kier alpha value is -4.49. The van der Waals surface area contributed by atoms with Crippen LogP contribution in [-0.2, 0) is 41.7 Å². The van der Waals surface area contributed by atoms with Crippen molar-refractivity contribution >= 4 is 55.8 Å². The van der Waals surface area contributed by atoms with E-state index in [1.54, 1.807) is 55.6 Å². The Labute approximate surface area is 281 Å². The molecule has 4 heterocycles. The van der Waals surface area contributed by atoms with Crippen LogP contribution < -0.4 is 14.8 Å². The van der Waals surface area contributed by atoms with Crippen LogP contribution in [0.4, 0.5) is 4.39 Å². The quantitative estimate of drug-likeness (QED) is 0.159. The topological polar surface area (TPSA) is 127 Å². The molecule has 4 atom stereocenters. The molecule has 48 heavy (non-hydrogen) atoms. The Morgan fingerprint density at radius 2 is 1.88 bits per heavy atom. The normalized spacial score (nSPS) is 23.7. The van der Waals surface area contributed by atoms with Crippen LogP contribution in [0.15, 0.2) is 65.6 Å². The van der Waals surface area contributed by atoms with E-state index < -0.39 is 43.6 Å². The van der Waals surface area contributed by atoms with E-state index in [2.05, 4.69) is 16.2 Å². The maximum absolute atomic E-state index is 14.0. The van der Waals surface area contributed by atoms with Gasteiger partial charge in [0.25, 0.3) is 5.91 Å².